The van der Waals surface area contributed by atoms with Crippen molar-refractivity contribution in [2.75, 3.05) is 54.1 Å². The molecule has 2 rings (SSSR count). The summed E-state index contributed by atoms with van der Waals surface area (Å²) >= 11 is 0. The average Bonchev–Trinajstić information content (AvgIpc) is 2.62. The SMILES string of the molecule is COc1cc(CN2CCN(CC(C)(C)C)C(CCO)C2)cc(OC)c1OC. The molecule has 1 saturated heterocycles. The minimum atomic E-state index is 0.226. The molecule has 0 amide bonds. The lowest BCUT2D eigenvalue weighted by atomic mass is 9.94. The molecule has 0 bridgehead atoms. The molecule has 1 N–H and O–H groups in total. The van der Waals surface area contributed by atoms with E-state index in [1.54, 1.807) is 21.3 Å². The van der Waals surface area contributed by atoms with Crippen molar-refractivity contribution in [1.29, 1.82) is 0 Å². The summed E-state index contributed by atoms with van der Waals surface area (Å²) in [5.74, 6) is 1.99. The van der Waals surface area contributed by atoms with Crippen molar-refractivity contribution >= 4 is 0 Å². The van der Waals surface area contributed by atoms with Gasteiger partial charge in [-0.3, -0.25) is 9.80 Å². The first-order valence-corrected chi connectivity index (χ1v) is 9.67. The summed E-state index contributed by atoms with van der Waals surface area (Å²) in [5, 5.41) is 9.51. The van der Waals surface area contributed by atoms with Gasteiger partial charge in [0.2, 0.25) is 5.75 Å². The first kappa shape index (κ1) is 21.8. The third-order valence-electron chi connectivity index (χ3n) is 4.96. The summed E-state index contributed by atoms with van der Waals surface area (Å²) in [5.41, 5.74) is 1.39. The minimum absolute atomic E-state index is 0.226. The summed E-state index contributed by atoms with van der Waals surface area (Å²) in [6.45, 7) is 11.9. The Balaban J connectivity index is 2.12. The van der Waals surface area contributed by atoms with Crippen molar-refractivity contribution in [3.8, 4) is 17.2 Å². The highest BCUT2D eigenvalue weighted by Gasteiger charge is 2.29. The van der Waals surface area contributed by atoms with Crippen LogP contribution < -0.4 is 14.2 Å². The van der Waals surface area contributed by atoms with E-state index in [0.29, 0.717) is 23.3 Å². The van der Waals surface area contributed by atoms with Crippen molar-refractivity contribution in [3.05, 3.63) is 17.7 Å². The van der Waals surface area contributed by atoms with Crippen LogP contribution in [-0.4, -0.2) is 75.1 Å². The van der Waals surface area contributed by atoms with Crippen LogP contribution in [0, 0.1) is 5.41 Å². The van der Waals surface area contributed by atoms with Crippen LogP contribution in [0.5, 0.6) is 17.2 Å². The fraction of sp³-hybridized carbons (Fsp3) is 0.714. The molecule has 1 aromatic carbocycles. The largest absolute Gasteiger partial charge is 0.493 e. The zero-order chi connectivity index (χ0) is 20.0. The summed E-state index contributed by atoms with van der Waals surface area (Å²) in [7, 11) is 4.90. The molecule has 1 atom stereocenters. The smallest absolute Gasteiger partial charge is 0.203 e. The number of piperazine rings is 1. The number of rotatable bonds is 8. The van der Waals surface area contributed by atoms with Crippen LogP contribution in [0.2, 0.25) is 0 Å². The van der Waals surface area contributed by atoms with Gasteiger partial charge in [0.1, 0.15) is 0 Å². The Kier molecular flexibility index (Phi) is 7.77. The van der Waals surface area contributed by atoms with Gasteiger partial charge in [-0.15, -0.1) is 0 Å². The second kappa shape index (κ2) is 9.62. The third kappa shape index (κ3) is 5.99. The van der Waals surface area contributed by atoms with E-state index in [9.17, 15) is 5.11 Å². The lowest BCUT2D eigenvalue weighted by molar-refractivity contribution is 0.0339. The predicted octanol–water partition coefficient (Wildman–Crippen LogP) is 2.63. The maximum atomic E-state index is 9.51. The van der Waals surface area contributed by atoms with E-state index in [-0.39, 0.29) is 12.0 Å². The van der Waals surface area contributed by atoms with Crippen LogP contribution in [0.25, 0.3) is 0 Å². The average molecular weight is 381 g/mol. The molecule has 154 valence electrons. The molecule has 1 aliphatic heterocycles. The number of aliphatic hydroxyl groups excluding tert-OH is 1. The molecule has 0 aromatic heterocycles. The van der Waals surface area contributed by atoms with E-state index in [1.165, 1.54) is 0 Å². The second-order valence-electron chi connectivity index (χ2n) is 8.47. The zero-order valence-electron chi connectivity index (χ0n) is 17.7. The number of benzene rings is 1. The standard InChI is InChI=1S/C21H36N2O4/c1-21(2,3)15-23-9-8-22(14-17(23)7-10-24)13-16-11-18(25-4)20(27-6)19(12-16)26-5/h11-12,17,24H,7-10,13-15H2,1-6H3. The van der Waals surface area contributed by atoms with Gasteiger partial charge in [0.25, 0.3) is 0 Å². The Morgan fingerprint density at radius 3 is 2.15 bits per heavy atom. The Hall–Kier alpha value is -1.50. The van der Waals surface area contributed by atoms with Crippen LogP contribution in [0.3, 0.4) is 0 Å². The zero-order valence-corrected chi connectivity index (χ0v) is 17.7. The Morgan fingerprint density at radius 2 is 1.67 bits per heavy atom. The summed E-state index contributed by atoms with van der Waals surface area (Å²) in [4.78, 5) is 4.97. The highest BCUT2D eigenvalue weighted by Crippen LogP contribution is 2.38. The van der Waals surface area contributed by atoms with E-state index in [1.807, 2.05) is 12.1 Å². The second-order valence-corrected chi connectivity index (χ2v) is 8.47. The van der Waals surface area contributed by atoms with Gasteiger partial charge in [-0.05, 0) is 29.5 Å². The number of ether oxygens (including phenoxy) is 3. The molecule has 0 aliphatic carbocycles. The molecular formula is C21H36N2O4. The summed E-state index contributed by atoms with van der Waals surface area (Å²) in [6.07, 6.45) is 0.807. The van der Waals surface area contributed by atoms with Gasteiger partial charge >= 0.3 is 0 Å². The lowest BCUT2D eigenvalue weighted by Gasteiger charge is -2.44. The molecule has 1 fully saturated rings. The molecule has 1 unspecified atom stereocenters. The molecular weight excluding hydrogens is 344 g/mol. The van der Waals surface area contributed by atoms with Gasteiger partial charge in [-0.2, -0.15) is 0 Å². The third-order valence-corrected chi connectivity index (χ3v) is 4.96. The van der Waals surface area contributed by atoms with Gasteiger partial charge in [0, 0.05) is 45.4 Å². The molecule has 1 aliphatic rings. The minimum Gasteiger partial charge on any atom is -0.493 e. The van der Waals surface area contributed by atoms with Crippen molar-refractivity contribution in [1.82, 2.24) is 9.80 Å². The van der Waals surface area contributed by atoms with Crippen molar-refractivity contribution in [2.45, 2.75) is 39.8 Å². The topological polar surface area (TPSA) is 54.4 Å². The van der Waals surface area contributed by atoms with E-state index in [4.69, 9.17) is 14.2 Å². The van der Waals surface area contributed by atoms with Crippen LogP contribution in [0.4, 0.5) is 0 Å². The number of hydrogen-bond acceptors (Lipinski definition) is 6. The van der Waals surface area contributed by atoms with Crippen LogP contribution in [0.1, 0.15) is 32.8 Å². The van der Waals surface area contributed by atoms with Gasteiger partial charge in [-0.25, -0.2) is 0 Å². The highest BCUT2D eigenvalue weighted by molar-refractivity contribution is 5.53. The molecule has 6 nitrogen and oxygen atoms in total. The summed E-state index contributed by atoms with van der Waals surface area (Å²) < 4.78 is 16.4. The monoisotopic (exact) mass is 380 g/mol. The molecule has 6 heteroatoms. The normalized spacial score (nSPS) is 19.1. The van der Waals surface area contributed by atoms with Gasteiger partial charge in [-0.1, -0.05) is 20.8 Å². The van der Waals surface area contributed by atoms with E-state index >= 15 is 0 Å². The van der Waals surface area contributed by atoms with Gasteiger partial charge < -0.3 is 19.3 Å². The van der Waals surface area contributed by atoms with Crippen molar-refractivity contribution in [2.24, 2.45) is 5.41 Å². The number of aliphatic hydroxyl groups is 1. The number of nitrogens with zero attached hydrogens (tertiary/aromatic N) is 2. The molecule has 0 spiro atoms. The van der Waals surface area contributed by atoms with Crippen LogP contribution in [0.15, 0.2) is 12.1 Å². The van der Waals surface area contributed by atoms with Gasteiger partial charge in [0.15, 0.2) is 11.5 Å². The Bertz CT molecular complexity index is 575. The van der Waals surface area contributed by atoms with E-state index in [2.05, 4.69) is 30.6 Å². The van der Waals surface area contributed by atoms with Crippen LogP contribution >= 0.6 is 0 Å². The predicted molar refractivity (Wildman–Crippen MR) is 108 cm³/mol. The van der Waals surface area contributed by atoms with Crippen LogP contribution in [-0.2, 0) is 6.54 Å². The molecule has 1 heterocycles. The first-order valence-electron chi connectivity index (χ1n) is 9.67. The fourth-order valence-corrected chi connectivity index (χ4v) is 3.83. The highest BCUT2D eigenvalue weighted by atomic mass is 16.5. The van der Waals surface area contributed by atoms with Crippen molar-refractivity contribution in [3.63, 3.8) is 0 Å². The number of hydrogen-bond donors (Lipinski definition) is 1. The first-order chi connectivity index (χ1) is 12.8. The maximum absolute atomic E-state index is 9.51. The van der Waals surface area contributed by atoms with Crippen molar-refractivity contribution < 1.29 is 19.3 Å². The fourth-order valence-electron chi connectivity index (χ4n) is 3.83. The Morgan fingerprint density at radius 1 is 1.04 bits per heavy atom. The molecule has 27 heavy (non-hydrogen) atoms. The molecule has 1 aromatic rings. The molecule has 0 radical (unpaired) electrons. The Labute approximate surface area is 164 Å². The maximum Gasteiger partial charge on any atom is 0.203 e. The summed E-state index contributed by atoms with van der Waals surface area (Å²) in [6, 6.07) is 4.42. The number of methoxy groups -OCH3 is 3. The quantitative estimate of drug-likeness (QED) is 0.748. The molecule has 0 saturated carbocycles. The van der Waals surface area contributed by atoms with Gasteiger partial charge in [0.05, 0.1) is 21.3 Å². The van der Waals surface area contributed by atoms with E-state index in [0.717, 1.165) is 44.7 Å². The van der Waals surface area contributed by atoms with E-state index < -0.39 is 0 Å². The lowest BCUT2D eigenvalue weighted by Crippen LogP contribution is -2.54.